The predicted molar refractivity (Wildman–Crippen MR) is 141 cm³/mol. The lowest BCUT2D eigenvalue weighted by Crippen LogP contribution is -2.36. The van der Waals surface area contributed by atoms with Gasteiger partial charge in [-0.15, -0.1) is 0 Å². The highest BCUT2D eigenvalue weighted by molar-refractivity contribution is 6.04. The summed E-state index contributed by atoms with van der Waals surface area (Å²) in [6.45, 7) is 8.04. The zero-order valence-corrected chi connectivity index (χ0v) is 21.4. The zero-order valence-electron chi connectivity index (χ0n) is 21.4. The molecule has 2 N–H and O–H groups in total. The first-order valence-corrected chi connectivity index (χ1v) is 12.1. The Balaban J connectivity index is 1.54. The molecule has 0 radical (unpaired) electrons. The molecule has 8 nitrogen and oxygen atoms in total. The van der Waals surface area contributed by atoms with Gasteiger partial charge in [0.15, 0.2) is 6.10 Å². The highest BCUT2D eigenvalue weighted by Crippen LogP contribution is 2.26. The zero-order chi connectivity index (χ0) is 26.8. The molecule has 1 atom stereocenters. The van der Waals surface area contributed by atoms with E-state index < -0.39 is 12.3 Å². The van der Waals surface area contributed by atoms with Crippen molar-refractivity contribution in [2.45, 2.75) is 46.3 Å². The first kappa shape index (κ1) is 27.3. The van der Waals surface area contributed by atoms with Crippen LogP contribution < -0.4 is 20.1 Å². The third-order valence-electron chi connectivity index (χ3n) is 5.45. The van der Waals surface area contributed by atoms with E-state index in [-0.39, 0.29) is 36.6 Å². The topological polar surface area (TPSA) is 103 Å². The van der Waals surface area contributed by atoms with E-state index in [2.05, 4.69) is 24.5 Å². The van der Waals surface area contributed by atoms with Crippen molar-refractivity contribution in [2.24, 2.45) is 0 Å². The number of carbonyl (C=O) groups is 3. The molecular formula is C29H32N2O6. The number of benzene rings is 3. The maximum Gasteiger partial charge on any atom is 0.513 e. The van der Waals surface area contributed by atoms with Crippen molar-refractivity contribution < 1.29 is 28.6 Å². The molecule has 0 heterocycles. The first-order chi connectivity index (χ1) is 17.8. The van der Waals surface area contributed by atoms with Crippen LogP contribution in [0.2, 0.25) is 0 Å². The number of carbonyl (C=O) groups excluding carboxylic acids is 3. The third-order valence-corrected chi connectivity index (χ3v) is 5.45. The third kappa shape index (κ3) is 8.10. The van der Waals surface area contributed by atoms with Gasteiger partial charge < -0.3 is 24.8 Å². The Hall–Kier alpha value is -4.33. The van der Waals surface area contributed by atoms with E-state index in [4.69, 9.17) is 14.2 Å². The molecule has 0 aliphatic rings. The average Bonchev–Trinajstić information content (AvgIpc) is 2.88. The summed E-state index contributed by atoms with van der Waals surface area (Å²) in [6, 6.07) is 21.0. The summed E-state index contributed by atoms with van der Waals surface area (Å²) in [5.74, 6) is 0.692. The number of hydrogen-bond acceptors (Lipinski definition) is 6. The average molecular weight is 505 g/mol. The number of ether oxygens (including phenoxy) is 3. The second kappa shape index (κ2) is 13.1. The van der Waals surface area contributed by atoms with Gasteiger partial charge in [0.05, 0.1) is 6.61 Å². The molecule has 0 aliphatic carbocycles. The van der Waals surface area contributed by atoms with Crippen molar-refractivity contribution in [2.75, 3.05) is 11.9 Å². The van der Waals surface area contributed by atoms with Gasteiger partial charge in [0.1, 0.15) is 11.5 Å². The molecule has 2 amide bonds. The quantitative estimate of drug-likeness (QED) is 0.272. The number of para-hydroxylation sites is 1. The molecule has 0 aliphatic heterocycles. The molecule has 0 saturated carbocycles. The molecule has 3 aromatic carbocycles. The molecule has 194 valence electrons. The molecule has 0 spiro atoms. The van der Waals surface area contributed by atoms with E-state index in [1.165, 1.54) is 12.1 Å². The molecule has 0 saturated heterocycles. The molecule has 8 heteroatoms. The Morgan fingerprint density at radius 1 is 0.892 bits per heavy atom. The van der Waals surface area contributed by atoms with Gasteiger partial charge in [-0.25, -0.2) is 4.79 Å². The molecule has 3 aromatic rings. The van der Waals surface area contributed by atoms with Crippen molar-refractivity contribution in [3.05, 3.63) is 89.5 Å². The monoisotopic (exact) mass is 504 g/mol. The number of hydrogen-bond donors (Lipinski definition) is 2. The lowest BCUT2D eigenvalue weighted by atomic mass is 10.0. The van der Waals surface area contributed by atoms with Gasteiger partial charge in [-0.05, 0) is 73.4 Å². The summed E-state index contributed by atoms with van der Waals surface area (Å²) in [5, 5.41) is 5.71. The van der Waals surface area contributed by atoms with E-state index in [0.29, 0.717) is 17.0 Å². The highest BCUT2D eigenvalue weighted by atomic mass is 16.7. The van der Waals surface area contributed by atoms with Crippen molar-refractivity contribution in [1.82, 2.24) is 5.32 Å². The van der Waals surface area contributed by atoms with E-state index in [1.807, 2.05) is 30.3 Å². The van der Waals surface area contributed by atoms with E-state index in [9.17, 15) is 14.4 Å². The first-order valence-electron chi connectivity index (χ1n) is 12.1. The minimum atomic E-state index is -0.801. The number of anilines is 1. The van der Waals surface area contributed by atoms with Crippen LogP contribution >= 0.6 is 0 Å². The second-order valence-electron chi connectivity index (χ2n) is 8.63. The number of rotatable bonds is 10. The summed E-state index contributed by atoms with van der Waals surface area (Å²) in [5.41, 5.74) is 2.84. The van der Waals surface area contributed by atoms with Crippen LogP contribution in [0.25, 0.3) is 0 Å². The van der Waals surface area contributed by atoms with E-state index in [1.54, 1.807) is 44.2 Å². The fourth-order valence-electron chi connectivity index (χ4n) is 3.52. The van der Waals surface area contributed by atoms with Crippen molar-refractivity contribution in [3.63, 3.8) is 0 Å². The summed E-state index contributed by atoms with van der Waals surface area (Å²) < 4.78 is 15.6. The second-order valence-corrected chi connectivity index (χ2v) is 8.63. The van der Waals surface area contributed by atoms with Gasteiger partial charge in [0.2, 0.25) is 0 Å². The van der Waals surface area contributed by atoms with Crippen LogP contribution in [0.15, 0.2) is 72.8 Å². The minimum absolute atomic E-state index is 0.210. The molecule has 1 unspecified atom stereocenters. The van der Waals surface area contributed by atoms with Crippen LogP contribution in [0.3, 0.4) is 0 Å². The van der Waals surface area contributed by atoms with Gasteiger partial charge in [-0.1, -0.05) is 44.2 Å². The van der Waals surface area contributed by atoms with Crippen LogP contribution in [0.1, 0.15) is 55.1 Å². The molecule has 0 fully saturated rings. The fraction of sp³-hybridized carbons (Fsp3) is 0.276. The molecule has 0 aromatic heterocycles. The van der Waals surface area contributed by atoms with Gasteiger partial charge in [0.25, 0.3) is 11.8 Å². The van der Waals surface area contributed by atoms with Gasteiger partial charge >= 0.3 is 6.16 Å². The van der Waals surface area contributed by atoms with E-state index in [0.717, 1.165) is 11.1 Å². The van der Waals surface area contributed by atoms with Crippen LogP contribution in [-0.2, 0) is 16.1 Å². The normalized spacial score (nSPS) is 11.4. The number of nitrogens with one attached hydrogen (secondary N) is 2. The molecular weight excluding hydrogens is 472 g/mol. The Kier molecular flexibility index (Phi) is 9.66. The van der Waals surface area contributed by atoms with Crippen molar-refractivity contribution in [1.29, 1.82) is 0 Å². The van der Waals surface area contributed by atoms with Gasteiger partial charge in [-0.3, -0.25) is 9.59 Å². The SMILES string of the molecule is CCOC(=O)Oc1ccc(C(=O)Nc2cccc(CNC(=O)C(C)Oc3ccccc3C(C)C)c2)cc1. The Morgan fingerprint density at radius 3 is 2.32 bits per heavy atom. The van der Waals surface area contributed by atoms with E-state index >= 15 is 0 Å². The van der Waals surface area contributed by atoms with Crippen LogP contribution in [-0.4, -0.2) is 30.7 Å². The minimum Gasteiger partial charge on any atom is -0.481 e. The smallest absolute Gasteiger partial charge is 0.481 e. The lowest BCUT2D eigenvalue weighted by molar-refractivity contribution is -0.127. The predicted octanol–water partition coefficient (Wildman–Crippen LogP) is 5.68. The lowest BCUT2D eigenvalue weighted by Gasteiger charge is -2.18. The summed E-state index contributed by atoms with van der Waals surface area (Å²) in [4.78, 5) is 36.7. The standard InChI is InChI=1S/C29H32N2O6/c1-5-35-29(34)37-24-15-13-22(14-16-24)28(33)31-23-10-8-9-21(17-23)18-30-27(32)20(4)36-26-12-7-6-11-25(26)19(2)3/h6-17,19-20H,5,18H2,1-4H3,(H,30,32)(H,31,33). The summed E-state index contributed by atoms with van der Waals surface area (Å²) in [6.07, 6.45) is -1.47. The molecule has 3 rings (SSSR count). The van der Waals surface area contributed by atoms with Crippen LogP contribution in [0.5, 0.6) is 11.5 Å². The van der Waals surface area contributed by atoms with Crippen molar-refractivity contribution >= 4 is 23.7 Å². The van der Waals surface area contributed by atoms with Crippen molar-refractivity contribution in [3.8, 4) is 11.5 Å². The molecule has 0 bridgehead atoms. The molecule has 37 heavy (non-hydrogen) atoms. The van der Waals surface area contributed by atoms with Gasteiger partial charge in [-0.2, -0.15) is 0 Å². The van der Waals surface area contributed by atoms with Crippen LogP contribution in [0.4, 0.5) is 10.5 Å². The summed E-state index contributed by atoms with van der Waals surface area (Å²) >= 11 is 0. The maximum absolute atomic E-state index is 12.6. The maximum atomic E-state index is 12.6. The van der Waals surface area contributed by atoms with Gasteiger partial charge in [0, 0.05) is 17.8 Å². The fourth-order valence-corrected chi connectivity index (χ4v) is 3.52. The van der Waals surface area contributed by atoms with Crippen LogP contribution in [0, 0.1) is 0 Å². The summed E-state index contributed by atoms with van der Waals surface area (Å²) in [7, 11) is 0. The Bertz CT molecular complexity index is 1220. The Morgan fingerprint density at radius 2 is 1.62 bits per heavy atom. The highest BCUT2D eigenvalue weighted by Gasteiger charge is 2.17. The Labute approximate surface area is 216 Å². The number of amides is 2. The largest absolute Gasteiger partial charge is 0.513 e.